The minimum Gasteiger partial charge on any atom is -0.372 e. The molecule has 1 aliphatic heterocycles. The van der Waals surface area contributed by atoms with Crippen molar-refractivity contribution in [2.75, 3.05) is 18.5 Å². The molecule has 1 saturated heterocycles. The minimum absolute atomic E-state index is 0.0159. The molecule has 1 aliphatic rings. The van der Waals surface area contributed by atoms with Crippen LogP contribution in [0, 0.1) is 5.82 Å². The van der Waals surface area contributed by atoms with Crippen LogP contribution in [0.2, 0.25) is 5.02 Å². The van der Waals surface area contributed by atoms with Crippen LogP contribution in [0.1, 0.15) is 12.0 Å². The van der Waals surface area contributed by atoms with Gasteiger partial charge in [-0.05, 0) is 55.1 Å². The van der Waals surface area contributed by atoms with Gasteiger partial charge in [-0.25, -0.2) is 17.5 Å². The Morgan fingerprint density at radius 3 is 2.53 bits per heavy atom. The van der Waals surface area contributed by atoms with Crippen LogP contribution in [-0.2, 0) is 26.2 Å². The van der Waals surface area contributed by atoms with E-state index in [9.17, 15) is 27.5 Å². The normalized spacial score (nSPS) is 19.2. The molecule has 3 N–H and O–H groups in total. The highest BCUT2D eigenvalue weighted by Crippen LogP contribution is 2.29. The van der Waals surface area contributed by atoms with E-state index in [1.165, 1.54) is 48.3 Å². The average molecular weight is 456 g/mol. The number of nitrogens with one attached hydrogen (secondary N) is 2. The van der Waals surface area contributed by atoms with Gasteiger partial charge >= 0.3 is 0 Å². The molecule has 1 fully saturated rings. The molecule has 0 aromatic heterocycles. The second kappa shape index (κ2) is 8.31. The number of carbonyl (C=O) groups excluding carboxylic acids is 2. The quantitative estimate of drug-likeness (QED) is 0.565. The van der Waals surface area contributed by atoms with Gasteiger partial charge in [0.15, 0.2) is 0 Å². The first kappa shape index (κ1) is 22.2. The van der Waals surface area contributed by atoms with Crippen molar-refractivity contribution >= 4 is 39.1 Å². The molecule has 0 saturated carbocycles. The maximum absolute atomic E-state index is 13.4. The van der Waals surface area contributed by atoms with Crippen LogP contribution < -0.4 is 14.9 Å². The van der Waals surface area contributed by atoms with Crippen molar-refractivity contribution in [3.8, 4) is 0 Å². The Labute approximate surface area is 177 Å². The lowest BCUT2D eigenvalue weighted by atomic mass is 10.0. The second-order valence-electron chi connectivity index (χ2n) is 6.73. The summed E-state index contributed by atoms with van der Waals surface area (Å²) < 4.78 is 39.2. The zero-order valence-corrected chi connectivity index (χ0v) is 17.4. The second-order valence-corrected chi connectivity index (χ2v) is 9.05. The Hall–Kier alpha value is -2.53. The minimum atomic E-state index is -3.63. The molecular weight excluding hydrogens is 437 g/mol. The molecule has 0 radical (unpaired) electrons. The molecule has 2 aromatic rings. The van der Waals surface area contributed by atoms with E-state index in [1.807, 2.05) is 0 Å². The lowest BCUT2D eigenvalue weighted by molar-refractivity contribution is -0.149. The van der Waals surface area contributed by atoms with Gasteiger partial charge < -0.3 is 15.3 Å². The SMILES string of the molecule is CNS(=O)(=O)c1ccc(N2CCC(O)(C(=O)NCc3cc(F)cc(Cl)c3)C2=O)cc1. The van der Waals surface area contributed by atoms with Crippen molar-refractivity contribution < 1.29 is 27.5 Å². The zero-order valence-electron chi connectivity index (χ0n) is 15.9. The van der Waals surface area contributed by atoms with Crippen LogP contribution in [0.25, 0.3) is 0 Å². The molecule has 160 valence electrons. The summed E-state index contributed by atoms with van der Waals surface area (Å²) in [6, 6.07) is 9.23. The predicted octanol–water partition coefficient (Wildman–Crippen LogP) is 1.17. The van der Waals surface area contributed by atoms with Gasteiger partial charge in [-0.1, -0.05) is 11.6 Å². The number of anilines is 1. The molecule has 3 rings (SSSR count). The maximum atomic E-state index is 13.4. The van der Waals surface area contributed by atoms with Crippen LogP contribution in [-0.4, -0.2) is 44.5 Å². The third-order valence-corrected chi connectivity index (χ3v) is 6.42. The summed E-state index contributed by atoms with van der Waals surface area (Å²) in [5, 5.41) is 13.2. The van der Waals surface area contributed by atoms with Crippen molar-refractivity contribution in [1.29, 1.82) is 0 Å². The average Bonchev–Trinajstić information content (AvgIpc) is 3.01. The fourth-order valence-electron chi connectivity index (χ4n) is 3.13. The summed E-state index contributed by atoms with van der Waals surface area (Å²) >= 11 is 5.77. The van der Waals surface area contributed by atoms with Gasteiger partial charge in [0, 0.05) is 30.2 Å². The number of benzene rings is 2. The van der Waals surface area contributed by atoms with Crippen LogP contribution in [0.4, 0.5) is 10.1 Å². The van der Waals surface area contributed by atoms with Gasteiger partial charge in [0.05, 0.1) is 4.90 Å². The molecule has 1 atom stereocenters. The van der Waals surface area contributed by atoms with E-state index >= 15 is 0 Å². The number of hydrogen-bond donors (Lipinski definition) is 3. The van der Waals surface area contributed by atoms with E-state index in [0.29, 0.717) is 11.3 Å². The first-order chi connectivity index (χ1) is 14.1. The molecule has 1 unspecified atom stereocenters. The highest BCUT2D eigenvalue weighted by Gasteiger charge is 2.51. The highest BCUT2D eigenvalue weighted by atomic mass is 35.5. The lowest BCUT2D eigenvalue weighted by Crippen LogP contribution is -2.52. The smallest absolute Gasteiger partial charge is 0.268 e. The fourth-order valence-corrected chi connectivity index (χ4v) is 4.10. The van der Waals surface area contributed by atoms with Crippen LogP contribution >= 0.6 is 11.6 Å². The number of nitrogens with zero attached hydrogens (tertiary/aromatic N) is 1. The molecule has 0 aliphatic carbocycles. The first-order valence-electron chi connectivity index (χ1n) is 8.88. The van der Waals surface area contributed by atoms with Crippen molar-refractivity contribution in [1.82, 2.24) is 10.0 Å². The number of sulfonamides is 1. The number of aliphatic hydroxyl groups is 1. The number of halogens is 2. The highest BCUT2D eigenvalue weighted by molar-refractivity contribution is 7.89. The summed E-state index contributed by atoms with van der Waals surface area (Å²) in [4.78, 5) is 26.4. The molecule has 11 heteroatoms. The summed E-state index contributed by atoms with van der Waals surface area (Å²) in [6.45, 7) is -0.0604. The Balaban J connectivity index is 1.72. The molecule has 8 nitrogen and oxygen atoms in total. The molecule has 30 heavy (non-hydrogen) atoms. The van der Waals surface area contributed by atoms with Crippen LogP contribution in [0.15, 0.2) is 47.4 Å². The molecule has 2 aromatic carbocycles. The van der Waals surface area contributed by atoms with Crippen molar-refractivity contribution in [2.24, 2.45) is 0 Å². The number of hydrogen-bond acceptors (Lipinski definition) is 5. The van der Waals surface area contributed by atoms with E-state index < -0.39 is 33.3 Å². The zero-order chi connectivity index (χ0) is 22.1. The topological polar surface area (TPSA) is 116 Å². The Morgan fingerprint density at radius 1 is 1.27 bits per heavy atom. The van der Waals surface area contributed by atoms with Gasteiger partial charge in [0.25, 0.3) is 11.8 Å². The van der Waals surface area contributed by atoms with E-state index in [0.717, 1.165) is 6.07 Å². The Morgan fingerprint density at radius 2 is 1.93 bits per heavy atom. The summed E-state index contributed by atoms with van der Waals surface area (Å²) in [7, 11) is -2.35. The molecule has 2 amide bonds. The summed E-state index contributed by atoms with van der Waals surface area (Å²) in [5.74, 6) is -2.32. The molecule has 0 bridgehead atoms. The van der Waals surface area contributed by atoms with Gasteiger partial charge in [0.1, 0.15) is 5.82 Å². The maximum Gasteiger partial charge on any atom is 0.268 e. The van der Waals surface area contributed by atoms with Crippen LogP contribution in [0.5, 0.6) is 0 Å². The van der Waals surface area contributed by atoms with Gasteiger partial charge in [-0.3, -0.25) is 9.59 Å². The summed E-state index contributed by atoms with van der Waals surface area (Å²) in [5.41, 5.74) is -1.57. The Bertz CT molecular complexity index is 1070. The van der Waals surface area contributed by atoms with E-state index in [-0.39, 0.29) is 29.4 Å². The third kappa shape index (κ3) is 4.31. The molecule has 0 spiro atoms. The third-order valence-electron chi connectivity index (χ3n) is 4.77. The molecule has 1 heterocycles. The fraction of sp³-hybridized carbons (Fsp3) is 0.263. The van der Waals surface area contributed by atoms with Gasteiger partial charge in [-0.15, -0.1) is 0 Å². The number of amides is 2. The summed E-state index contributed by atoms with van der Waals surface area (Å²) in [6.07, 6.45) is -0.155. The Kier molecular flexibility index (Phi) is 6.14. The number of rotatable bonds is 6. The van der Waals surface area contributed by atoms with Crippen LogP contribution in [0.3, 0.4) is 0 Å². The largest absolute Gasteiger partial charge is 0.372 e. The van der Waals surface area contributed by atoms with E-state index in [2.05, 4.69) is 10.0 Å². The first-order valence-corrected chi connectivity index (χ1v) is 10.7. The van der Waals surface area contributed by atoms with Crippen molar-refractivity contribution in [3.05, 3.63) is 58.9 Å². The van der Waals surface area contributed by atoms with E-state index in [1.54, 1.807) is 0 Å². The van der Waals surface area contributed by atoms with Gasteiger partial charge in [0.2, 0.25) is 15.6 Å². The predicted molar refractivity (Wildman–Crippen MR) is 108 cm³/mol. The number of carbonyl (C=O) groups is 2. The van der Waals surface area contributed by atoms with Crippen molar-refractivity contribution in [3.63, 3.8) is 0 Å². The van der Waals surface area contributed by atoms with E-state index in [4.69, 9.17) is 11.6 Å². The van der Waals surface area contributed by atoms with Crippen molar-refractivity contribution in [2.45, 2.75) is 23.5 Å². The lowest BCUT2D eigenvalue weighted by Gasteiger charge is -2.22. The molecular formula is C19H19ClFN3O5S. The standard InChI is InChI=1S/C19H19ClFN3O5S/c1-22-30(28,29)16-4-2-15(3-5-16)24-7-6-19(27,18(24)26)17(25)23-11-12-8-13(20)10-14(21)9-12/h2-5,8-10,22,27H,6-7,11H2,1H3,(H,23,25). The van der Waals surface area contributed by atoms with Gasteiger partial charge in [-0.2, -0.15) is 0 Å². The monoisotopic (exact) mass is 455 g/mol.